The van der Waals surface area contributed by atoms with E-state index in [4.69, 9.17) is 9.47 Å². The summed E-state index contributed by atoms with van der Waals surface area (Å²) >= 11 is 0. The third kappa shape index (κ3) is 7.29. The quantitative estimate of drug-likeness (QED) is 0.392. The van der Waals surface area contributed by atoms with Gasteiger partial charge in [-0.25, -0.2) is 0 Å². The van der Waals surface area contributed by atoms with Crippen LogP contribution in [0.25, 0.3) is 0 Å². The van der Waals surface area contributed by atoms with Gasteiger partial charge in [0, 0.05) is 25.3 Å². The van der Waals surface area contributed by atoms with Crippen LogP contribution in [0.15, 0.2) is 23.2 Å². The Morgan fingerprint density at radius 3 is 2.67 bits per heavy atom. The van der Waals surface area contributed by atoms with Crippen molar-refractivity contribution in [3.05, 3.63) is 18.2 Å². The first-order valence-electron chi connectivity index (χ1n) is 10.2. The van der Waals surface area contributed by atoms with Crippen molar-refractivity contribution < 1.29 is 9.47 Å². The molecule has 1 heterocycles. The number of likely N-dealkylation sites (tertiary alicyclic amines) is 1. The molecular formula is C21H36N4O2. The minimum atomic E-state index is 0.600. The fraction of sp³-hybridized carbons (Fsp3) is 0.667. The summed E-state index contributed by atoms with van der Waals surface area (Å²) < 4.78 is 11.0. The van der Waals surface area contributed by atoms with E-state index in [1.165, 1.54) is 38.9 Å². The van der Waals surface area contributed by atoms with E-state index >= 15 is 0 Å². The van der Waals surface area contributed by atoms with E-state index in [9.17, 15) is 0 Å². The SMILES string of the molecule is CCOc1cc(NC(=NC)NCCCCN2CCC(C)CC2)ccc1OC. The van der Waals surface area contributed by atoms with Gasteiger partial charge in [0.2, 0.25) is 0 Å². The number of rotatable bonds is 9. The number of aliphatic imine (C=N–C) groups is 1. The molecule has 0 atom stereocenters. The molecule has 6 heteroatoms. The highest BCUT2D eigenvalue weighted by molar-refractivity contribution is 5.93. The van der Waals surface area contributed by atoms with Crippen LogP contribution >= 0.6 is 0 Å². The standard InChI is InChI=1S/C21H36N4O2/c1-5-27-20-16-18(8-9-19(20)26-4)24-21(22-3)23-12-6-7-13-25-14-10-17(2)11-15-25/h8-9,16-17H,5-7,10-15H2,1-4H3,(H2,22,23,24). The number of benzene rings is 1. The third-order valence-electron chi connectivity index (χ3n) is 5.02. The first kappa shape index (κ1) is 21.4. The number of nitrogens with zero attached hydrogens (tertiary/aromatic N) is 2. The number of anilines is 1. The highest BCUT2D eigenvalue weighted by Gasteiger charge is 2.14. The lowest BCUT2D eigenvalue weighted by Gasteiger charge is -2.30. The monoisotopic (exact) mass is 376 g/mol. The average molecular weight is 377 g/mol. The second-order valence-corrected chi connectivity index (χ2v) is 7.15. The van der Waals surface area contributed by atoms with Gasteiger partial charge >= 0.3 is 0 Å². The summed E-state index contributed by atoms with van der Waals surface area (Å²) in [5.41, 5.74) is 0.926. The molecule has 0 saturated carbocycles. The number of guanidine groups is 1. The normalized spacial score (nSPS) is 16.2. The first-order valence-corrected chi connectivity index (χ1v) is 10.2. The number of methoxy groups -OCH3 is 1. The molecule has 0 aromatic heterocycles. The number of piperidine rings is 1. The Kier molecular flexibility index (Phi) is 9.25. The Labute approximate surface area is 164 Å². The molecule has 0 amide bonds. The number of nitrogens with one attached hydrogen (secondary N) is 2. The van der Waals surface area contributed by atoms with Crippen LogP contribution in [0.1, 0.15) is 39.5 Å². The molecule has 27 heavy (non-hydrogen) atoms. The van der Waals surface area contributed by atoms with Crippen LogP contribution in [0.4, 0.5) is 5.69 Å². The molecule has 152 valence electrons. The van der Waals surface area contributed by atoms with Crippen molar-refractivity contribution in [1.29, 1.82) is 0 Å². The van der Waals surface area contributed by atoms with Crippen LogP contribution in [-0.2, 0) is 0 Å². The van der Waals surface area contributed by atoms with Gasteiger partial charge in [0.25, 0.3) is 0 Å². The molecule has 1 aliphatic heterocycles. The van der Waals surface area contributed by atoms with E-state index in [0.29, 0.717) is 6.61 Å². The van der Waals surface area contributed by atoms with Gasteiger partial charge in [-0.15, -0.1) is 0 Å². The summed E-state index contributed by atoms with van der Waals surface area (Å²) in [6.07, 6.45) is 5.05. The molecule has 2 rings (SSSR count). The molecule has 1 aliphatic rings. The Morgan fingerprint density at radius 1 is 1.22 bits per heavy atom. The average Bonchev–Trinajstić information content (AvgIpc) is 2.68. The van der Waals surface area contributed by atoms with Crippen molar-refractivity contribution in [3.63, 3.8) is 0 Å². The summed E-state index contributed by atoms with van der Waals surface area (Å²) in [5.74, 6) is 3.14. The molecule has 1 saturated heterocycles. The number of ether oxygens (including phenoxy) is 2. The molecule has 0 bridgehead atoms. The summed E-state index contributed by atoms with van der Waals surface area (Å²) in [6.45, 7) is 9.57. The molecule has 0 radical (unpaired) electrons. The van der Waals surface area contributed by atoms with Crippen molar-refractivity contribution in [2.45, 2.75) is 39.5 Å². The van der Waals surface area contributed by atoms with Crippen LogP contribution in [-0.4, -0.2) is 57.8 Å². The molecule has 0 spiro atoms. The Bertz CT molecular complexity index is 584. The summed E-state index contributed by atoms with van der Waals surface area (Å²) in [6, 6.07) is 5.80. The van der Waals surface area contributed by atoms with Crippen molar-refractivity contribution >= 4 is 11.6 Å². The zero-order valence-electron chi connectivity index (χ0n) is 17.4. The number of hydrogen-bond acceptors (Lipinski definition) is 4. The molecule has 1 fully saturated rings. The van der Waals surface area contributed by atoms with E-state index in [2.05, 4.69) is 27.4 Å². The third-order valence-corrected chi connectivity index (χ3v) is 5.02. The van der Waals surface area contributed by atoms with Crippen LogP contribution in [0.2, 0.25) is 0 Å². The van der Waals surface area contributed by atoms with Gasteiger partial charge in [0.1, 0.15) is 0 Å². The summed E-state index contributed by atoms with van der Waals surface area (Å²) in [7, 11) is 3.44. The fourth-order valence-corrected chi connectivity index (χ4v) is 3.29. The number of hydrogen-bond donors (Lipinski definition) is 2. The minimum Gasteiger partial charge on any atom is -0.493 e. The fourth-order valence-electron chi connectivity index (χ4n) is 3.29. The smallest absolute Gasteiger partial charge is 0.195 e. The molecule has 1 aromatic rings. The molecule has 0 unspecified atom stereocenters. The van der Waals surface area contributed by atoms with Gasteiger partial charge in [0.05, 0.1) is 13.7 Å². The van der Waals surface area contributed by atoms with Crippen molar-refractivity contribution in [1.82, 2.24) is 10.2 Å². The second kappa shape index (κ2) is 11.7. The lowest BCUT2D eigenvalue weighted by atomic mass is 9.99. The molecule has 1 aromatic carbocycles. The molecule has 6 nitrogen and oxygen atoms in total. The van der Waals surface area contributed by atoms with E-state index in [0.717, 1.165) is 42.0 Å². The van der Waals surface area contributed by atoms with E-state index in [1.807, 2.05) is 25.1 Å². The van der Waals surface area contributed by atoms with Gasteiger partial charge in [-0.1, -0.05) is 6.92 Å². The van der Waals surface area contributed by atoms with Crippen molar-refractivity contribution in [3.8, 4) is 11.5 Å². The van der Waals surface area contributed by atoms with E-state index in [1.54, 1.807) is 14.2 Å². The van der Waals surface area contributed by atoms with Gasteiger partial charge < -0.3 is 25.0 Å². The lowest BCUT2D eigenvalue weighted by molar-refractivity contribution is 0.189. The molecule has 2 N–H and O–H groups in total. The predicted octanol–water partition coefficient (Wildman–Crippen LogP) is 3.59. The van der Waals surface area contributed by atoms with Crippen molar-refractivity contribution in [2.24, 2.45) is 10.9 Å². The van der Waals surface area contributed by atoms with E-state index in [-0.39, 0.29) is 0 Å². The minimum absolute atomic E-state index is 0.600. The topological polar surface area (TPSA) is 58.1 Å². The zero-order chi connectivity index (χ0) is 19.5. The van der Waals surface area contributed by atoms with Gasteiger partial charge in [-0.3, -0.25) is 4.99 Å². The lowest BCUT2D eigenvalue weighted by Crippen LogP contribution is -2.34. The Morgan fingerprint density at radius 2 is 2.00 bits per heavy atom. The van der Waals surface area contributed by atoms with Gasteiger partial charge in [-0.05, 0) is 70.3 Å². The first-order chi connectivity index (χ1) is 13.2. The molecule has 0 aliphatic carbocycles. The highest BCUT2D eigenvalue weighted by Crippen LogP contribution is 2.30. The predicted molar refractivity (Wildman–Crippen MR) is 113 cm³/mol. The van der Waals surface area contributed by atoms with Gasteiger partial charge in [-0.2, -0.15) is 0 Å². The van der Waals surface area contributed by atoms with Crippen LogP contribution in [0.5, 0.6) is 11.5 Å². The second-order valence-electron chi connectivity index (χ2n) is 7.15. The maximum Gasteiger partial charge on any atom is 0.195 e. The Balaban J connectivity index is 1.72. The summed E-state index contributed by atoms with van der Waals surface area (Å²) in [5, 5.41) is 6.71. The maximum atomic E-state index is 5.63. The maximum absolute atomic E-state index is 5.63. The number of unbranched alkanes of at least 4 members (excludes halogenated alkanes) is 1. The largest absolute Gasteiger partial charge is 0.493 e. The Hall–Kier alpha value is -1.95. The van der Waals surface area contributed by atoms with Crippen molar-refractivity contribution in [2.75, 3.05) is 52.3 Å². The highest BCUT2D eigenvalue weighted by atomic mass is 16.5. The van der Waals surface area contributed by atoms with Crippen LogP contribution < -0.4 is 20.1 Å². The van der Waals surface area contributed by atoms with Gasteiger partial charge in [0.15, 0.2) is 17.5 Å². The summed E-state index contributed by atoms with van der Waals surface area (Å²) in [4.78, 5) is 6.91. The van der Waals surface area contributed by atoms with Crippen LogP contribution in [0.3, 0.4) is 0 Å². The van der Waals surface area contributed by atoms with Crippen LogP contribution in [0, 0.1) is 5.92 Å². The molecular weight excluding hydrogens is 340 g/mol. The van der Waals surface area contributed by atoms with E-state index < -0.39 is 0 Å². The zero-order valence-corrected chi connectivity index (χ0v) is 17.4.